The van der Waals surface area contributed by atoms with Gasteiger partial charge in [-0.15, -0.1) is 0 Å². The van der Waals surface area contributed by atoms with Gasteiger partial charge in [-0.1, -0.05) is 12.1 Å². The maximum absolute atomic E-state index is 5.51. The predicted octanol–water partition coefficient (Wildman–Crippen LogP) is 2.72. The van der Waals surface area contributed by atoms with Crippen molar-refractivity contribution in [1.29, 1.82) is 0 Å². The molecule has 0 saturated heterocycles. The Hall–Kier alpha value is -1.02. The first-order chi connectivity index (χ1) is 7.13. The molecular formula is C13H21NO. The molecule has 1 atom stereocenters. The van der Waals surface area contributed by atoms with E-state index in [0.717, 1.165) is 13.0 Å². The molecule has 84 valence electrons. The zero-order chi connectivity index (χ0) is 11.3. The van der Waals surface area contributed by atoms with Crippen molar-refractivity contribution in [2.45, 2.75) is 26.4 Å². The van der Waals surface area contributed by atoms with Crippen LogP contribution in [0.3, 0.4) is 0 Å². The molecular weight excluding hydrogens is 186 g/mol. The topological polar surface area (TPSA) is 12.5 Å². The van der Waals surface area contributed by atoms with E-state index in [9.17, 15) is 0 Å². The molecule has 0 saturated carbocycles. The summed E-state index contributed by atoms with van der Waals surface area (Å²) >= 11 is 0. The van der Waals surface area contributed by atoms with Crippen LogP contribution in [0.15, 0.2) is 24.3 Å². The van der Waals surface area contributed by atoms with E-state index in [2.05, 4.69) is 50.2 Å². The molecule has 0 radical (unpaired) electrons. The van der Waals surface area contributed by atoms with Crippen molar-refractivity contribution in [3.8, 4) is 0 Å². The van der Waals surface area contributed by atoms with Crippen LogP contribution in [-0.2, 0) is 11.2 Å². The number of rotatable bonds is 5. The first-order valence-electron chi connectivity index (χ1n) is 5.51. The minimum Gasteiger partial charge on any atom is -0.378 e. The standard InChI is InChI=1S/C13H21NO/c1-5-15-11(2)10-12-6-8-13(9-7-12)14(3)4/h6-9,11H,5,10H2,1-4H3. The fraction of sp³-hybridized carbons (Fsp3) is 0.538. The van der Waals surface area contributed by atoms with Gasteiger partial charge in [-0.2, -0.15) is 0 Å². The summed E-state index contributed by atoms with van der Waals surface area (Å²) in [5, 5.41) is 0. The third kappa shape index (κ3) is 3.92. The number of hydrogen-bond acceptors (Lipinski definition) is 2. The molecule has 2 heteroatoms. The van der Waals surface area contributed by atoms with Gasteiger partial charge in [-0.3, -0.25) is 0 Å². The first-order valence-corrected chi connectivity index (χ1v) is 5.51. The van der Waals surface area contributed by atoms with Crippen molar-refractivity contribution < 1.29 is 4.74 Å². The average Bonchev–Trinajstić information content (AvgIpc) is 2.18. The molecule has 0 aliphatic carbocycles. The molecule has 0 N–H and O–H groups in total. The summed E-state index contributed by atoms with van der Waals surface area (Å²) in [6.45, 7) is 4.94. The fourth-order valence-corrected chi connectivity index (χ4v) is 1.61. The smallest absolute Gasteiger partial charge is 0.0587 e. The lowest BCUT2D eigenvalue weighted by Gasteiger charge is -2.14. The maximum Gasteiger partial charge on any atom is 0.0587 e. The molecule has 2 nitrogen and oxygen atoms in total. The Kier molecular flexibility index (Phi) is 4.63. The molecule has 0 aliphatic heterocycles. The zero-order valence-corrected chi connectivity index (χ0v) is 10.2. The van der Waals surface area contributed by atoms with Crippen molar-refractivity contribution >= 4 is 5.69 Å². The molecule has 1 aromatic rings. The predicted molar refractivity (Wildman–Crippen MR) is 65.6 cm³/mol. The lowest BCUT2D eigenvalue weighted by molar-refractivity contribution is 0.0768. The van der Waals surface area contributed by atoms with E-state index >= 15 is 0 Å². The number of anilines is 1. The van der Waals surface area contributed by atoms with E-state index in [4.69, 9.17) is 4.74 Å². The van der Waals surface area contributed by atoms with Crippen molar-refractivity contribution in [2.24, 2.45) is 0 Å². The number of benzene rings is 1. The Morgan fingerprint density at radius 3 is 2.27 bits per heavy atom. The van der Waals surface area contributed by atoms with E-state index < -0.39 is 0 Å². The van der Waals surface area contributed by atoms with Gasteiger partial charge in [0, 0.05) is 26.4 Å². The Bertz CT molecular complexity index is 279. The summed E-state index contributed by atoms with van der Waals surface area (Å²) in [6, 6.07) is 8.64. The summed E-state index contributed by atoms with van der Waals surface area (Å²) in [5.74, 6) is 0. The lowest BCUT2D eigenvalue weighted by Crippen LogP contribution is -2.12. The lowest BCUT2D eigenvalue weighted by atomic mass is 10.1. The van der Waals surface area contributed by atoms with Crippen LogP contribution >= 0.6 is 0 Å². The second-order valence-corrected chi connectivity index (χ2v) is 4.03. The summed E-state index contributed by atoms with van der Waals surface area (Å²) < 4.78 is 5.51. The van der Waals surface area contributed by atoms with Crippen LogP contribution < -0.4 is 4.90 Å². The molecule has 0 fully saturated rings. The van der Waals surface area contributed by atoms with Crippen LogP contribution in [0.1, 0.15) is 19.4 Å². The molecule has 1 aromatic carbocycles. The second kappa shape index (κ2) is 5.76. The van der Waals surface area contributed by atoms with Gasteiger partial charge in [0.25, 0.3) is 0 Å². The van der Waals surface area contributed by atoms with Gasteiger partial charge in [-0.25, -0.2) is 0 Å². The number of hydrogen-bond donors (Lipinski definition) is 0. The highest BCUT2D eigenvalue weighted by Crippen LogP contribution is 2.14. The van der Waals surface area contributed by atoms with E-state index in [1.165, 1.54) is 11.3 Å². The Labute approximate surface area is 92.9 Å². The quantitative estimate of drug-likeness (QED) is 0.736. The fourth-order valence-electron chi connectivity index (χ4n) is 1.61. The maximum atomic E-state index is 5.51. The summed E-state index contributed by atoms with van der Waals surface area (Å²) in [5.41, 5.74) is 2.57. The molecule has 0 amide bonds. The van der Waals surface area contributed by atoms with Crippen molar-refractivity contribution in [2.75, 3.05) is 25.6 Å². The summed E-state index contributed by atoms with van der Waals surface area (Å²) in [7, 11) is 4.11. The van der Waals surface area contributed by atoms with Gasteiger partial charge < -0.3 is 9.64 Å². The third-order valence-corrected chi connectivity index (χ3v) is 2.43. The second-order valence-electron chi connectivity index (χ2n) is 4.03. The molecule has 0 aliphatic rings. The number of ether oxygens (including phenoxy) is 1. The Morgan fingerprint density at radius 1 is 1.20 bits per heavy atom. The van der Waals surface area contributed by atoms with Crippen LogP contribution in [0.5, 0.6) is 0 Å². The first kappa shape index (κ1) is 12.1. The minimum atomic E-state index is 0.306. The van der Waals surface area contributed by atoms with Gasteiger partial charge in [-0.05, 0) is 38.0 Å². The van der Waals surface area contributed by atoms with Gasteiger partial charge in [0.1, 0.15) is 0 Å². The van der Waals surface area contributed by atoms with Gasteiger partial charge in [0.2, 0.25) is 0 Å². The average molecular weight is 207 g/mol. The summed E-state index contributed by atoms with van der Waals surface area (Å²) in [4.78, 5) is 2.11. The van der Waals surface area contributed by atoms with E-state index in [0.29, 0.717) is 6.10 Å². The van der Waals surface area contributed by atoms with Crippen LogP contribution in [0.2, 0.25) is 0 Å². The van der Waals surface area contributed by atoms with Crippen LogP contribution in [0.25, 0.3) is 0 Å². The highest BCUT2D eigenvalue weighted by Gasteiger charge is 2.03. The van der Waals surface area contributed by atoms with Crippen LogP contribution in [0.4, 0.5) is 5.69 Å². The van der Waals surface area contributed by atoms with Crippen LogP contribution in [0, 0.1) is 0 Å². The largest absolute Gasteiger partial charge is 0.378 e. The van der Waals surface area contributed by atoms with Gasteiger partial charge in [0.15, 0.2) is 0 Å². The monoisotopic (exact) mass is 207 g/mol. The molecule has 15 heavy (non-hydrogen) atoms. The van der Waals surface area contributed by atoms with E-state index in [-0.39, 0.29) is 0 Å². The molecule has 0 spiro atoms. The van der Waals surface area contributed by atoms with E-state index in [1.807, 2.05) is 6.92 Å². The highest BCUT2D eigenvalue weighted by molar-refractivity contribution is 5.46. The van der Waals surface area contributed by atoms with Gasteiger partial charge >= 0.3 is 0 Å². The SMILES string of the molecule is CCOC(C)Cc1ccc(N(C)C)cc1. The van der Waals surface area contributed by atoms with Crippen LogP contribution in [-0.4, -0.2) is 26.8 Å². The van der Waals surface area contributed by atoms with Crippen molar-refractivity contribution in [1.82, 2.24) is 0 Å². The van der Waals surface area contributed by atoms with Crippen molar-refractivity contribution in [3.63, 3.8) is 0 Å². The highest BCUT2D eigenvalue weighted by atomic mass is 16.5. The Morgan fingerprint density at radius 2 is 1.80 bits per heavy atom. The third-order valence-electron chi connectivity index (χ3n) is 2.43. The van der Waals surface area contributed by atoms with E-state index in [1.54, 1.807) is 0 Å². The molecule has 0 aromatic heterocycles. The molecule has 1 rings (SSSR count). The Balaban J connectivity index is 2.56. The normalized spacial score (nSPS) is 12.5. The minimum absolute atomic E-state index is 0.306. The molecule has 0 bridgehead atoms. The van der Waals surface area contributed by atoms with Crippen molar-refractivity contribution in [3.05, 3.63) is 29.8 Å². The number of nitrogens with zero attached hydrogens (tertiary/aromatic N) is 1. The van der Waals surface area contributed by atoms with Gasteiger partial charge in [0.05, 0.1) is 6.10 Å². The molecule has 0 heterocycles. The summed E-state index contributed by atoms with van der Waals surface area (Å²) in [6.07, 6.45) is 1.29. The zero-order valence-electron chi connectivity index (χ0n) is 10.2. The molecule has 1 unspecified atom stereocenters.